The molecule has 4 heteroatoms. The standard InChI is InChI=1S/C6H8N2OS/c1-3-5-7-8-6(10-5)4(2)9/h9H,2-3H2,1H3. The van der Waals surface area contributed by atoms with Crippen molar-refractivity contribution >= 4 is 17.1 Å². The molecule has 0 fully saturated rings. The third-order valence-electron chi connectivity index (χ3n) is 1.02. The number of nitrogens with zero attached hydrogens (tertiary/aromatic N) is 2. The van der Waals surface area contributed by atoms with Gasteiger partial charge in [0.2, 0.25) is 0 Å². The molecule has 0 saturated carbocycles. The smallest absolute Gasteiger partial charge is 0.181 e. The van der Waals surface area contributed by atoms with Crippen LogP contribution in [0.15, 0.2) is 6.58 Å². The Bertz CT molecular complexity index is 244. The van der Waals surface area contributed by atoms with E-state index in [1.807, 2.05) is 6.92 Å². The Balaban J connectivity index is 2.88. The van der Waals surface area contributed by atoms with E-state index in [2.05, 4.69) is 16.8 Å². The van der Waals surface area contributed by atoms with Gasteiger partial charge in [-0.3, -0.25) is 0 Å². The molecule has 1 heterocycles. The van der Waals surface area contributed by atoms with Gasteiger partial charge in [0.05, 0.1) is 0 Å². The lowest BCUT2D eigenvalue weighted by Crippen LogP contribution is -1.78. The predicted molar refractivity (Wildman–Crippen MR) is 40.9 cm³/mol. The summed E-state index contributed by atoms with van der Waals surface area (Å²) in [5.41, 5.74) is 0. The Kier molecular flexibility index (Phi) is 2.01. The van der Waals surface area contributed by atoms with Crippen molar-refractivity contribution in [1.82, 2.24) is 10.2 Å². The summed E-state index contributed by atoms with van der Waals surface area (Å²) in [5, 5.41) is 17.8. The normalized spacial score (nSPS) is 9.70. The Labute approximate surface area is 63.0 Å². The predicted octanol–water partition coefficient (Wildman–Crippen LogP) is 1.63. The molecule has 0 unspecified atom stereocenters. The zero-order chi connectivity index (χ0) is 7.56. The lowest BCUT2D eigenvalue weighted by Gasteiger charge is -1.83. The maximum absolute atomic E-state index is 8.85. The highest BCUT2D eigenvalue weighted by atomic mass is 32.1. The first-order chi connectivity index (χ1) is 4.74. The van der Waals surface area contributed by atoms with Gasteiger partial charge in [0.1, 0.15) is 10.8 Å². The molecule has 0 aliphatic carbocycles. The fourth-order valence-corrected chi connectivity index (χ4v) is 1.16. The molecule has 0 amide bonds. The SMILES string of the molecule is C=C(O)c1nnc(CC)s1. The molecule has 1 rings (SSSR count). The molecule has 0 aromatic carbocycles. The fourth-order valence-electron chi connectivity index (χ4n) is 0.513. The second-order valence-electron chi connectivity index (χ2n) is 1.80. The van der Waals surface area contributed by atoms with Gasteiger partial charge in [0.15, 0.2) is 5.01 Å². The lowest BCUT2D eigenvalue weighted by atomic mass is 10.5. The molecule has 0 atom stereocenters. The molecule has 3 nitrogen and oxygen atoms in total. The van der Waals surface area contributed by atoms with Gasteiger partial charge in [-0.05, 0) is 6.42 Å². The zero-order valence-corrected chi connectivity index (χ0v) is 6.48. The number of aliphatic hydroxyl groups is 1. The maximum Gasteiger partial charge on any atom is 0.181 e. The van der Waals surface area contributed by atoms with E-state index in [0.29, 0.717) is 5.01 Å². The van der Waals surface area contributed by atoms with Gasteiger partial charge in [-0.25, -0.2) is 0 Å². The van der Waals surface area contributed by atoms with E-state index in [9.17, 15) is 0 Å². The Morgan fingerprint density at radius 1 is 1.70 bits per heavy atom. The average molecular weight is 156 g/mol. The van der Waals surface area contributed by atoms with Crippen LogP contribution < -0.4 is 0 Å². The van der Waals surface area contributed by atoms with Gasteiger partial charge in [-0.1, -0.05) is 24.8 Å². The van der Waals surface area contributed by atoms with E-state index in [1.165, 1.54) is 11.3 Å². The van der Waals surface area contributed by atoms with Crippen molar-refractivity contribution in [2.24, 2.45) is 0 Å². The summed E-state index contributed by atoms with van der Waals surface area (Å²) in [6.07, 6.45) is 0.852. The van der Waals surface area contributed by atoms with Gasteiger partial charge in [-0.2, -0.15) is 0 Å². The molecule has 0 saturated heterocycles. The molecule has 1 N–H and O–H groups in total. The summed E-state index contributed by atoms with van der Waals surface area (Å²) in [4.78, 5) is 0. The van der Waals surface area contributed by atoms with Crippen LogP contribution in [0.25, 0.3) is 5.76 Å². The summed E-state index contributed by atoms with van der Waals surface area (Å²) >= 11 is 1.37. The highest BCUT2D eigenvalue weighted by Gasteiger charge is 2.02. The second-order valence-corrected chi connectivity index (χ2v) is 2.86. The first kappa shape index (κ1) is 7.21. The van der Waals surface area contributed by atoms with Gasteiger partial charge in [0, 0.05) is 0 Å². The molecule has 10 heavy (non-hydrogen) atoms. The van der Waals surface area contributed by atoms with Crippen LogP contribution >= 0.6 is 11.3 Å². The quantitative estimate of drug-likeness (QED) is 0.662. The van der Waals surface area contributed by atoms with Crippen LogP contribution in [0.2, 0.25) is 0 Å². The van der Waals surface area contributed by atoms with E-state index < -0.39 is 0 Å². The Morgan fingerprint density at radius 2 is 2.40 bits per heavy atom. The zero-order valence-electron chi connectivity index (χ0n) is 5.66. The van der Waals surface area contributed by atoms with Crippen molar-refractivity contribution in [3.8, 4) is 0 Å². The molecule has 0 spiro atoms. The molecule has 1 aromatic rings. The largest absolute Gasteiger partial charge is 0.505 e. The van der Waals surface area contributed by atoms with E-state index in [4.69, 9.17) is 5.11 Å². The summed E-state index contributed by atoms with van der Waals surface area (Å²) < 4.78 is 0. The monoisotopic (exact) mass is 156 g/mol. The first-order valence-electron chi connectivity index (χ1n) is 2.94. The molecular weight excluding hydrogens is 148 g/mol. The first-order valence-corrected chi connectivity index (χ1v) is 3.76. The summed E-state index contributed by atoms with van der Waals surface area (Å²) in [6, 6.07) is 0. The highest BCUT2D eigenvalue weighted by molar-refractivity contribution is 7.12. The number of hydrogen-bond acceptors (Lipinski definition) is 4. The third kappa shape index (κ3) is 1.33. The summed E-state index contributed by atoms with van der Waals surface area (Å²) in [5.74, 6) is -0.00259. The van der Waals surface area contributed by atoms with Crippen LogP contribution in [-0.4, -0.2) is 15.3 Å². The number of hydrogen-bond donors (Lipinski definition) is 1. The van der Waals surface area contributed by atoms with Crippen LogP contribution in [0, 0.1) is 0 Å². The van der Waals surface area contributed by atoms with Gasteiger partial charge < -0.3 is 5.11 Å². The molecule has 54 valence electrons. The minimum Gasteiger partial charge on any atom is -0.505 e. The molecular formula is C6H8N2OS. The van der Waals surface area contributed by atoms with Gasteiger partial charge in [0.25, 0.3) is 0 Å². The lowest BCUT2D eigenvalue weighted by molar-refractivity contribution is 0.512. The van der Waals surface area contributed by atoms with Crippen LogP contribution in [0.5, 0.6) is 0 Å². The number of aryl methyl sites for hydroxylation is 1. The molecule has 0 aliphatic heterocycles. The van der Waals surface area contributed by atoms with Crippen LogP contribution in [0.3, 0.4) is 0 Å². The fraction of sp³-hybridized carbons (Fsp3) is 0.333. The topological polar surface area (TPSA) is 46.0 Å². The van der Waals surface area contributed by atoms with Crippen LogP contribution in [-0.2, 0) is 6.42 Å². The summed E-state index contributed by atoms with van der Waals surface area (Å²) in [7, 11) is 0. The van der Waals surface area contributed by atoms with Crippen molar-refractivity contribution in [3.05, 3.63) is 16.6 Å². The maximum atomic E-state index is 8.85. The Morgan fingerprint density at radius 3 is 2.70 bits per heavy atom. The van der Waals surface area contributed by atoms with Gasteiger partial charge >= 0.3 is 0 Å². The van der Waals surface area contributed by atoms with Crippen molar-refractivity contribution in [2.45, 2.75) is 13.3 Å². The molecule has 0 radical (unpaired) electrons. The average Bonchev–Trinajstić information content (AvgIpc) is 2.34. The minimum absolute atomic E-state index is 0.00259. The Hall–Kier alpha value is -0.900. The minimum atomic E-state index is -0.00259. The van der Waals surface area contributed by atoms with Crippen molar-refractivity contribution in [3.63, 3.8) is 0 Å². The van der Waals surface area contributed by atoms with Crippen LogP contribution in [0.4, 0.5) is 0 Å². The number of aromatic nitrogens is 2. The van der Waals surface area contributed by atoms with Crippen molar-refractivity contribution in [2.75, 3.05) is 0 Å². The number of aliphatic hydroxyl groups excluding tert-OH is 1. The van der Waals surface area contributed by atoms with Crippen LogP contribution in [0.1, 0.15) is 16.9 Å². The van der Waals surface area contributed by atoms with E-state index in [0.717, 1.165) is 11.4 Å². The molecule has 0 bridgehead atoms. The highest BCUT2D eigenvalue weighted by Crippen LogP contribution is 2.15. The summed E-state index contributed by atoms with van der Waals surface area (Å²) in [6.45, 7) is 5.33. The number of rotatable bonds is 2. The van der Waals surface area contributed by atoms with E-state index >= 15 is 0 Å². The van der Waals surface area contributed by atoms with Crippen molar-refractivity contribution in [1.29, 1.82) is 0 Å². The third-order valence-corrected chi connectivity index (χ3v) is 2.13. The second kappa shape index (κ2) is 2.79. The molecule has 0 aliphatic rings. The van der Waals surface area contributed by atoms with Crippen molar-refractivity contribution < 1.29 is 5.11 Å². The van der Waals surface area contributed by atoms with E-state index in [1.54, 1.807) is 0 Å². The van der Waals surface area contributed by atoms with E-state index in [-0.39, 0.29) is 5.76 Å². The molecule has 1 aromatic heterocycles. The van der Waals surface area contributed by atoms with Gasteiger partial charge in [-0.15, -0.1) is 10.2 Å².